The van der Waals surface area contributed by atoms with E-state index in [1.165, 1.54) is 0 Å². The predicted octanol–water partition coefficient (Wildman–Crippen LogP) is 3.39. The van der Waals surface area contributed by atoms with Crippen molar-refractivity contribution in [3.05, 3.63) is 41.4 Å². The molecule has 2 aromatic carbocycles. The number of amides is 1. The Hall–Kier alpha value is -2.27. The first kappa shape index (κ1) is 16.6. The third-order valence-corrected chi connectivity index (χ3v) is 4.72. The molecule has 2 N–H and O–H groups in total. The summed E-state index contributed by atoms with van der Waals surface area (Å²) < 4.78 is 5.64. The third kappa shape index (κ3) is 3.46. The fourth-order valence-electron chi connectivity index (χ4n) is 3.07. The van der Waals surface area contributed by atoms with Crippen LogP contribution in [-0.4, -0.2) is 29.1 Å². The molecule has 1 saturated carbocycles. The minimum atomic E-state index is -0.903. The summed E-state index contributed by atoms with van der Waals surface area (Å²) in [4.78, 5) is 23.1. The lowest BCUT2D eigenvalue weighted by molar-refractivity contribution is -0.140. The lowest BCUT2D eigenvalue weighted by Gasteiger charge is -2.41. The van der Waals surface area contributed by atoms with Gasteiger partial charge in [0.05, 0.1) is 12.0 Å². The Balaban J connectivity index is 1.67. The van der Waals surface area contributed by atoms with Crippen molar-refractivity contribution in [2.45, 2.75) is 31.2 Å². The summed E-state index contributed by atoms with van der Waals surface area (Å²) in [6, 6.07) is 11.0. The van der Waals surface area contributed by atoms with Gasteiger partial charge in [-0.05, 0) is 31.4 Å². The molecule has 0 unspecified atom stereocenters. The maximum atomic E-state index is 12.2. The van der Waals surface area contributed by atoms with E-state index in [1.807, 2.05) is 24.3 Å². The second-order valence-electron chi connectivity index (χ2n) is 6.13. The molecule has 3 rings (SSSR count). The Labute approximate surface area is 144 Å². The van der Waals surface area contributed by atoms with Gasteiger partial charge in [-0.15, -0.1) is 0 Å². The highest BCUT2D eigenvalue weighted by atomic mass is 35.5. The summed E-state index contributed by atoms with van der Waals surface area (Å²) in [5, 5.41) is 14.1. The van der Waals surface area contributed by atoms with Crippen LogP contribution in [0, 0.1) is 0 Å². The molecular formula is C18H18ClNO4. The molecule has 5 nitrogen and oxygen atoms in total. The fourth-order valence-corrected chi connectivity index (χ4v) is 3.30. The van der Waals surface area contributed by atoms with Crippen molar-refractivity contribution in [3.8, 4) is 5.75 Å². The van der Waals surface area contributed by atoms with Gasteiger partial charge in [-0.1, -0.05) is 35.9 Å². The number of hydrogen-bond acceptors (Lipinski definition) is 3. The van der Waals surface area contributed by atoms with Gasteiger partial charge in [0.1, 0.15) is 5.75 Å². The first-order valence-corrected chi connectivity index (χ1v) is 8.20. The van der Waals surface area contributed by atoms with E-state index in [0.29, 0.717) is 23.6 Å². The van der Waals surface area contributed by atoms with Crippen LogP contribution >= 0.6 is 11.6 Å². The molecule has 0 saturated heterocycles. The van der Waals surface area contributed by atoms with Crippen molar-refractivity contribution < 1.29 is 19.4 Å². The minimum absolute atomic E-state index is 0.0530. The number of halogens is 1. The Bertz CT molecular complexity index is 786. The summed E-state index contributed by atoms with van der Waals surface area (Å²) in [5.74, 6) is -0.638. The summed E-state index contributed by atoms with van der Waals surface area (Å²) >= 11 is 6.16. The number of ether oxygens (including phenoxy) is 1. The van der Waals surface area contributed by atoms with E-state index in [-0.39, 0.29) is 18.9 Å². The summed E-state index contributed by atoms with van der Waals surface area (Å²) in [7, 11) is 0. The quantitative estimate of drug-likeness (QED) is 0.839. The molecule has 1 aliphatic carbocycles. The predicted molar refractivity (Wildman–Crippen MR) is 91.4 cm³/mol. The van der Waals surface area contributed by atoms with Gasteiger partial charge in [0.15, 0.2) is 6.61 Å². The lowest BCUT2D eigenvalue weighted by atomic mass is 9.74. The molecule has 2 aromatic rings. The van der Waals surface area contributed by atoms with Gasteiger partial charge >= 0.3 is 5.97 Å². The monoisotopic (exact) mass is 347 g/mol. The van der Waals surface area contributed by atoms with E-state index in [2.05, 4.69) is 5.32 Å². The van der Waals surface area contributed by atoms with Gasteiger partial charge in [-0.3, -0.25) is 9.59 Å². The highest BCUT2D eigenvalue weighted by Crippen LogP contribution is 2.35. The van der Waals surface area contributed by atoms with Crippen molar-refractivity contribution in [2.24, 2.45) is 0 Å². The maximum Gasteiger partial charge on any atom is 0.305 e. The molecular weight excluding hydrogens is 330 g/mol. The van der Waals surface area contributed by atoms with Crippen molar-refractivity contribution in [2.75, 3.05) is 6.61 Å². The lowest BCUT2D eigenvalue weighted by Crippen LogP contribution is -2.55. The number of nitrogens with one attached hydrogen (secondary N) is 1. The topological polar surface area (TPSA) is 75.6 Å². The first-order chi connectivity index (χ1) is 11.5. The Morgan fingerprint density at radius 1 is 1.17 bits per heavy atom. The van der Waals surface area contributed by atoms with Crippen LogP contribution in [0.4, 0.5) is 0 Å². The number of carbonyl (C=O) groups excluding carboxylic acids is 1. The standard InChI is InChI=1S/C18H18ClNO4/c19-14-6-7-15(13-5-2-1-4-12(13)14)24-11-16(21)20-18(8-3-9-18)10-17(22)23/h1-2,4-7H,3,8-11H2,(H,20,21)(H,22,23). The van der Waals surface area contributed by atoms with E-state index < -0.39 is 11.5 Å². The number of carboxylic acid groups (broad SMARTS) is 1. The largest absolute Gasteiger partial charge is 0.483 e. The smallest absolute Gasteiger partial charge is 0.305 e. The number of aliphatic carboxylic acids is 1. The van der Waals surface area contributed by atoms with Crippen LogP contribution in [0.1, 0.15) is 25.7 Å². The second-order valence-corrected chi connectivity index (χ2v) is 6.54. The van der Waals surface area contributed by atoms with Crippen LogP contribution in [0.5, 0.6) is 5.75 Å². The van der Waals surface area contributed by atoms with Crippen molar-refractivity contribution in [1.82, 2.24) is 5.32 Å². The zero-order valence-electron chi connectivity index (χ0n) is 13.0. The van der Waals surface area contributed by atoms with Gasteiger partial charge in [0.2, 0.25) is 0 Å². The van der Waals surface area contributed by atoms with Crippen LogP contribution in [0.2, 0.25) is 5.02 Å². The van der Waals surface area contributed by atoms with Crippen molar-refractivity contribution >= 4 is 34.2 Å². The molecule has 0 aromatic heterocycles. The van der Waals surface area contributed by atoms with E-state index in [4.69, 9.17) is 21.4 Å². The zero-order valence-corrected chi connectivity index (χ0v) is 13.8. The van der Waals surface area contributed by atoms with E-state index in [0.717, 1.165) is 17.2 Å². The summed E-state index contributed by atoms with van der Waals surface area (Å²) in [6.07, 6.45) is 2.25. The fraction of sp³-hybridized carbons (Fsp3) is 0.333. The molecule has 0 spiro atoms. The number of carbonyl (C=O) groups is 2. The minimum Gasteiger partial charge on any atom is -0.483 e. The van der Waals surface area contributed by atoms with Crippen LogP contribution in [-0.2, 0) is 9.59 Å². The van der Waals surface area contributed by atoms with E-state index in [1.54, 1.807) is 12.1 Å². The molecule has 6 heteroatoms. The van der Waals surface area contributed by atoms with Crippen LogP contribution < -0.4 is 10.1 Å². The van der Waals surface area contributed by atoms with Gasteiger partial charge in [-0.2, -0.15) is 0 Å². The molecule has 0 aliphatic heterocycles. The molecule has 1 fully saturated rings. The van der Waals surface area contributed by atoms with Crippen LogP contribution in [0.25, 0.3) is 10.8 Å². The van der Waals surface area contributed by atoms with E-state index in [9.17, 15) is 9.59 Å². The molecule has 1 aliphatic rings. The molecule has 1 amide bonds. The summed E-state index contributed by atoms with van der Waals surface area (Å²) in [5.41, 5.74) is -0.617. The SMILES string of the molecule is O=C(O)CC1(NC(=O)COc2ccc(Cl)c3ccccc23)CCC1. The number of carboxylic acids is 1. The van der Waals surface area contributed by atoms with Crippen LogP contribution in [0.15, 0.2) is 36.4 Å². The van der Waals surface area contributed by atoms with Crippen molar-refractivity contribution in [1.29, 1.82) is 0 Å². The molecule has 0 atom stereocenters. The zero-order chi connectivity index (χ0) is 17.2. The Morgan fingerprint density at radius 2 is 1.88 bits per heavy atom. The average molecular weight is 348 g/mol. The third-order valence-electron chi connectivity index (χ3n) is 4.39. The second kappa shape index (κ2) is 6.69. The summed E-state index contributed by atoms with van der Waals surface area (Å²) in [6.45, 7) is -0.160. The Morgan fingerprint density at radius 3 is 2.50 bits per heavy atom. The maximum absolute atomic E-state index is 12.2. The average Bonchev–Trinajstić information content (AvgIpc) is 2.52. The molecule has 0 heterocycles. The van der Waals surface area contributed by atoms with Gasteiger partial charge < -0.3 is 15.2 Å². The van der Waals surface area contributed by atoms with Gasteiger partial charge in [0, 0.05) is 15.8 Å². The molecule has 0 bridgehead atoms. The molecule has 0 radical (unpaired) electrons. The van der Waals surface area contributed by atoms with Crippen molar-refractivity contribution in [3.63, 3.8) is 0 Å². The number of fused-ring (bicyclic) bond motifs is 1. The highest BCUT2D eigenvalue weighted by Gasteiger charge is 2.40. The number of hydrogen-bond donors (Lipinski definition) is 2. The molecule has 24 heavy (non-hydrogen) atoms. The van der Waals surface area contributed by atoms with Gasteiger partial charge in [0.25, 0.3) is 5.91 Å². The molecule has 126 valence electrons. The number of benzene rings is 2. The highest BCUT2D eigenvalue weighted by molar-refractivity contribution is 6.35. The Kier molecular flexibility index (Phi) is 4.62. The number of rotatable bonds is 6. The first-order valence-electron chi connectivity index (χ1n) is 7.82. The van der Waals surface area contributed by atoms with Crippen LogP contribution in [0.3, 0.4) is 0 Å². The normalized spacial score (nSPS) is 15.5. The van der Waals surface area contributed by atoms with E-state index >= 15 is 0 Å². The van der Waals surface area contributed by atoms with Gasteiger partial charge in [-0.25, -0.2) is 0 Å².